The van der Waals surface area contributed by atoms with Crippen LogP contribution in [0.15, 0.2) is 17.1 Å². The van der Waals surface area contributed by atoms with Crippen molar-refractivity contribution in [2.75, 3.05) is 19.4 Å². The van der Waals surface area contributed by atoms with Crippen LogP contribution in [-0.4, -0.2) is 31.2 Å². The molecule has 0 aromatic heterocycles. The lowest BCUT2D eigenvalue weighted by Gasteiger charge is -2.07. The first-order chi connectivity index (χ1) is 9.49. The molecule has 0 atom stereocenters. The van der Waals surface area contributed by atoms with Gasteiger partial charge in [0.2, 0.25) is 0 Å². The van der Waals surface area contributed by atoms with Crippen molar-refractivity contribution in [1.29, 1.82) is 5.26 Å². The minimum absolute atomic E-state index is 0.0990. The molecule has 1 aromatic carbocycles. The van der Waals surface area contributed by atoms with Crippen LogP contribution in [0.2, 0.25) is 0 Å². The van der Waals surface area contributed by atoms with Gasteiger partial charge in [0.05, 0.1) is 17.7 Å². The van der Waals surface area contributed by atoms with Gasteiger partial charge in [0.15, 0.2) is 5.82 Å². The Morgan fingerprint density at radius 3 is 2.75 bits per heavy atom. The van der Waals surface area contributed by atoms with Gasteiger partial charge in [-0.25, -0.2) is 9.38 Å². The van der Waals surface area contributed by atoms with Gasteiger partial charge in [0.25, 0.3) is 5.91 Å². The second kappa shape index (κ2) is 6.91. The summed E-state index contributed by atoms with van der Waals surface area (Å²) in [5, 5.41) is 11.3. The highest BCUT2D eigenvalue weighted by Gasteiger charge is 2.14. The first-order valence-corrected chi connectivity index (χ1v) is 5.66. The number of carbonyl (C=O) groups excluding carboxylic acids is 1. The lowest BCUT2D eigenvalue weighted by Crippen LogP contribution is -2.10. The smallest absolute Gasteiger partial charge is 0.300 e. The SMILES string of the molecule is CC#CC(=O)Nc1ccc(/N=C/N(C)C)c(C#N)c1F. The number of nitriles is 1. The highest BCUT2D eigenvalue weighted by molar-refractivity contribution is 6.04. The molecule has 5 nitrogen and oxygen atoms in total. The van der Waals surface area contributed by atoms with E-state index in [2.05, 4.69) is 22.2 Å². The van der Waals surface area contributed by atoms with Gasteiger partial charge in [-0.2, -0.15) is 5.26 Å². The van der Waals surface area contributed by atoms with E-state index in [9.17, 15) is 9.18 Å². The van der Waals surface area contributed by atoms with E-state index in [0.717, 1.165) is 0 Å². The van der Waals surface area contributed by atoms with E-state index in [1.54, 1.807) is 25.1 Å². The third kappa shape index (κ3) is 3.82. The van der Waals surface area contributed by atoms with Gasteiger partial charge in [0.1, 0.15) is 11.6 Å². The van der Waals surface area contributed by atoms with Crippen LogP contribution in [0.25, 0.3) is 0 Å². The summed E-state index contributed by atoms with van der Waals surface area (Å²) >= 11 is 0. The molecule has 0 spiro atoms. The Labute approximate surface area is 116 Å². The minimum atomic E-state index is -0.827. The molecule has 102 valence electrons. The zero-order valence-corrected chi connectivity index (χ0v) is 11.4. The van der Waals surface area contributed by atoms with E-state index in [4.69, 9.17) is 5.26 Å². The van der Waals surface area contributed by atoms with Crippen molar-refractivity contribution in [2.24, 2.45) is 4.99 Å². The molecule has 1 amide bonds. The summed E-state index contributed by atoms with van der Waals surface area (Å²) in [6.07, 6.45) is 1.45. The fraction of sp³-hybridized carbons (Fsp3) is 0.214. The monoisotopic (exact) mass is 272 g/mol. The first kappa shape index (κ1) is 15.2. The molecule has 1 rings (SSSR count). The molecule has 0 bridgehead atoms. The van der Waals surface area contributed by atoms with Crippen molar-refractivity contribution < 1.29 is 9.18 Å². The number of carbonyl (C=O) groups is 1. The van der Waals surface area contributed by atoms with Gasteiger partial charge in [-0.3, -0.25) is 4.79 Å². The molecule has 0 aliphatic carbocycles. The second-order valence-electron chi connectivity index (χ2n) is 3.97. The van der Waals surface area contributed by atoms with E-state index in [0.29, 0.717) is 0 Å². The average molecular weight is 272 g/mol. The third-order valence-electron chi connectivity index (χ3n) is 2.15. The third-order valence-corrected chi connectivity index (χ3v) is 2.15. The average Bonchev–Trinajstić information content (AvgIpc) is 2.39. The number of anilines is 1. The van der Waals surface area contributed by atoms with Gasteiger partial charge in [-0.1, -0.05) is 5.92 Å². The molecular formula is C14H13FN4O. The lowest BCUT2D eigenvalue weighted by atomic mass is 10.1. The summed E-state index contributed by atoms with van der Waals surface area (Å²) in [5.74, 6) is 3.16. The van der Waals surface area contributed by atoms with Crippen LogP contribution < -0.4 is 5.32 Å². The minimum Gasteiger partial charge on any atom is -0.369 e. The van der Waals surface area contributed by atoms with Crippen molar-refractivity contribution in [1.82, 2.24) is 4.90 Å². The normalized spacial score (nSPS) is 9.55. The predicted molar refractivity (Wildman–Crippen MR) is 75.0 cm³/mol. The van der Waals surface area contributed by atoms with Crippen LogP contribution in [0.3, 0.4) is 0 Å². The second-order valence-corrected chi connectivity index (χ2v) is 3.97. The van der Waals surface area contributed by atoms with E-state index >= 15 is 0 Å². The maximum atomic E-state index is 14.1. The highest BCUT2D eigenvalue weighted by Crippen LogP contribution is 2.27. The van der Waals surface area contributed by atoms with Crippen LogP contribution in [0.4, 0.5) is 15.8 Å². The topological polar surface area (TPSA) is 68.5 Å². The molecule has 0 aliphatic heterocycles. The molecule has 0 unspecified atom stereocenters. The Kier molecular flexibility index (Phi) is 5.25. The summed E-state index contributed by atoms with van der Waals surface area (Å²) in [5.41, 5.74) is -0.137. The number of amides is 1. The van der Waals surface area contributed by atoms with E-state index in [1.807, 2.05) is 0 Å². The molecule has 0 heterocycles. The molecule has 0 saturated carbocycles. The van der Waals surface area contributed by atoms with E-state index < -0.39 is 11.7 Å². The van der Waals surface area contributed by atoms with Crippen LogP contribution >= 0.6 is 0 Å². The van der Waals surface area contributed by atoms with Crippen LogP contribution in [0.5, 0.6) is 0 Å². The fourth-order valence-electron chi connectivity index (χ4n) is 1.32. The van der Waals surface area contributed by atoms with Crippen LogP contribution in [0.1, 0.15) is 12.5 Å². The quantitative estimate of drug-likeness (QED) is 0.519. The molecule has 6 heteroatoms. The van der Waals surface area contributed by atoms with Crippen LogP contribution in [-0.2, 0) is 4.79 Å². The number of nitrogens with one attached hydrogen (secondary N) is 1. The van der Waals surface area contributed by atoms with Gasteiger partial charge in [-0.05, 0) is 25.0 Å². The van der Waals surface area contributed by atoms with Gasteiger partial charge in [0, 0.05) is 14.1 Å². The van der Waals surface area contributed by atoms with Crippen LogP contribution in [0, 0.1) is 29.0 Å². The number of benzene rings is 1. The summed E-state index contributed by atoms with van der Waals surface area (Å²) in [7, 11) is 3.51. The Morgan fingerprint density at radius 1 is 1.50 bits per heavy atom. The Hall–Kier alpha value is -2.86. The van der Waals surface area contributed by atoms with Gasteiger partial charge >= 0.3 is 0 Å². The Balaban J connectivity index is 3.17. The Bertz CT molecular complexity index is 648. The highest BCUT2D eigenvalue weighted by atomic mass is 19.1. The number of rotatable bonds is 3. The summed E-state index contributed by atoms with van der Waals surface area (Å²) in [4.78, 5) is 16.9. The molecule has 20 heavy (non-hydrogen) atoms. The van der Waals surface area contributed by atoms with Gasteiger partial charge < -0.3 is 10.2 Å². The fourth-order valence-corrected chi connectivity index (χ4v) is 1.32. The van der Waals surface area contributed by atoms with Crippen molar-refractivity contribution in [3.63, 3.8) is 0 Å². The van der Waals surface area contributed by atoms with Crippen molar-refractivity contribution in [2.45, 2.75) is 6.92 Å². The zero-order chi connectivity index (χ0) is 15.1. The van der Waals surface area contributed by atoms with Gasteiger partial charge in [-0.15, -0.1) is 0 Å². The molecule has 0 fully saturated rings. The van der Waals surface area contributed by atoms with Crippen molar-refractivity contribution in [3.05, 3.63) is 23.5 Å². The molecule has 0 aliphatic rings. The predicted octanol–water partition coefficient (Wildman–Crippen LogP) is 1.88. The molecule has 1 N–H and O–H groups in total. The summed E-state index contributed by atoms with van der Waals surface area (Å²) < 4.78 is 14.1. The Morgan fingerprint density at radius 2 is 2.20 bits per heavy atom. The van der Waals surface area contributed by atoms with E-state index in [1.165, 1.54) is 25.4 Å². The lowest BCUT2D eigenvalue weighted by molar-refractivity contribution is -0.111. The molecule has 1 aromatic rings. The first-order valence-electron chi connectivity index (χ1n) is 5.66. The van der Waals surface area contributed by atoms with Crippen molar-refractivity contribution in [3.8, 4) is 17.9 Å². The maximum absolute atomic E-state index is 14.1. The molecule has 0 radical (unpaired) electrons. The number of aliphatic imine (C=N–C) groups is 1. The number of hydrogen-bond donors (Lipinski definition) is 1. The van der Waals surface area contributed by atoms with E-state index in [-0.39, 0.29) is 16.9 Å². The molecule has 0 saturated heterocycles. The zero-order valence-electron chi connectivity index (χ0n) is 11.4. The number of hydrogen-bond acceptors (Lipinski definition) is 3. The maximum Gasteiger partial charge on any atom is 0.300 e. The largest absolute Gasteiger partial charge is 0.369 e. The van der Waals surface area contributed by atoms with Crippen molar-refractivity contribution >= 4 is 23.6 Å². The standard InChI is InChI=1S/C14H13FN4O/c1-4-5-13(20)18-12-7-6-11(17-9-19(2)3)10(8-16)14(12)15/h6-7,9H,1-3H3,(H,18,20)/b17-9+. The number of halogens is 1. The summed E-state index contributed by atoms with van der Waals surface area (Å²) in [6.45, 7) is 1.50. The molecular weight excluding hydrogens is 259 g/mol. The number of nitrogens with zero attached hydrogens (tertiary/aromatic N) is 3. The summed E-state index contributed by atoms with van der Waals surface area (Å²) in [6, 6.07) is 4.53.